The number of carbonyl (C=O) groups excluding carboxylic acids is 2. The van der Waals surface area contributed by atoms with E-state index in [1.54, 1.807) is 25.0 Å². The van der Waals surface area contributed by atoms with Gasteiger partial charge in [0.2, 0.25) is 5.91 Å². The van der Waals surface area contributed by atoms with Crippen LogP contribution >= 0.6 is 0 Å². The summed E-state index contributed by atoms with van der Waals surface area (Å²) in [5.41, 5.74) is 2.99. The van der Waals surface area contributed by atoms with Gasteiger partial charge in [-0.3, -0.25) is 9.48 Å². The monoisotopic (exact) mass is 371 g/mol. The van der Waals surface area contributed by atoms with Crippen molar-refractivity contribution in [2.75, 3.05) is 17.7 Å². The summed E-state index contributed by atoms with van der Waals surface area (Å²) < 4.78 is 6.72. The Labute approximate surface area is 158 Å². The maximum absolute atomic E-state index is 12.3. The molecular formula is C19H25N5O3. The summed E-state index contributed by atoms with van der Waals surface area (Å²) in [5.74, 6) is 0.251. The molecule has 2 aromatic rings. The van der Waals surface area contributed by atoms with E-state index >= 15 is 0 Å². The third-order valence-corrected chi connectivity index (χ3v) is 4.41. The molecule has 1 aromatic carbocycles. The van der Waals surface area contributed by atoms with Crippen molar-refractivity contribution >= 4 is 23.3 Å². The van der Waals surface area contributed by atoms with Crippen molar-refractivity contribution in [1.82, 2.24) is 15.1 Å². The summed E-state index contributed by atoms with van der Waals surface area (Å²) in [6.07, 6.45) is 3.68. The van der Waals surface area contributed by atoms with Crippen LogP contribution in [0.5, 0.6) is 0 Å². The molecule has 3 N–H and O–H groups in total. The first-order valence-electron chi connectivity index (χ1n) is 8.96. The number of carbonyl (C=O) groups is 2. The Morgan fingerprint density at radius 1 is 1.26 bits per heavy atom. The Kier molecular flexibility index (Phi) is 5.75. The molecule has 1 heterocycles. The fourth-order valence-electron chi connectivity index (χ4n) is 2.77. The van der Waals surface area contributed by atoms with Crippen molar-refractivity contribution in [1.29, 1.82) is 0 Å². The molecule has 1 aliphatic rings. The number of methoxy groups -OCH3 is 1. The molecular weight excluding hydrogens is 346 g/mol. The molecule has 8 heteroatoms. The summed E-state index contributed by atoms with van der Waals surface area (Å²) in [4.78, 5) is 24.1. The summed E-state index contributed by atoms with van der Waals surface area (Å²) in [6, 6.07) is 6.98. The molecule has 0 aliphatic heterocycles. The number of ether oxygens (including phenoxy) is 1. The third-order valence-electron chi connectivity index (χ3n) is 4.41. The van der Waals surface area contributed by atoms with Crippen LogP contribution in [0.15, 0.2) is 30.5 Å². The number of hydrogen-bond acceptors (Lipinski definition) is 4. The lowest BCUT2D eigenvalue weighted by Gasteiger charge is -2.15. The minimum Gasteiger partial charge on any atom is -0.378 e. The van der Waals surface area contributed by atoms with Gasteiger partial charge in [0, 0.05) is 32.0 Å². The van der Waals surface area contributed by atoms with Crippen molar-refractivity contribution in [3.05, 3.63) is 41.7 Å². The number of aromatic nitrogens is 2. The molecule has 0 spiro atoms. The van der Waals surface area contributed by atoms with E-state index in [4.69, 9.17) is 4.74 Å². The highest BCUT2D eigenvalue weighted by molar-refractivity contribution is 5.94. The Morgan fingerprint density at radius 2 is 1.96 bits per heavy atom. The van der Waals surface area contributed by atoms with Crippen LogP contribution in [-0.4, -0.2) is 28.8 Å². The molecule has 0 radical (unpaired) electrons. The maximum atomic E-state index is 12.3. The maximum Gasteiger partial charge on any atom is 0.319 e. The van der Waals surface area contributed by atoms with Crippen LogP contribution in [0.4, 0.5) is 16.2 Å². The quantitative estimate of drug-likeness (QED) is 0.697. The van der Waals surface area contributed by atoms with Gasteiger partial charge in [-0.15, -0.1) is 0 Å². The topological polar surface area (TPSA) is 97.3 Å². The number of rotatable bonds is 7. The standard InChI is InChI=1S/C19H25N5O3/c1-12(13-6-8-15(9-7-13)21-18(25)14-4-5-14)20-19(26)22-16-10-24(2)23-17(16)11-27-3/h6-10,12,14H,4-5,11H2,1-3H3,(H,21,25)(H2,20,22,26). The first-order valence-corrected chi connectivity index (χ1v) is 8.96. The zero-order valence-corrected chi connectivity index (χ0v) is 15.8. The van der Waals surface area contributed by atoms with Gasteiger partial charge >= 0.3 is 6.03 Å². The molecule has 1 fully saturated rings. The van der Waals surface area contributed by atoms with Gasteiger partial charge in [-0.2, -0.15) is 5.10 Å². The Bertz CT molecular complexity index is 811. The minimum absolute atomic E-state index is 0.0802. The summed E-state index contributed by atoms with van der Waals surface area (Å²) >= 11 is 0. The molecule has 3 amide bonds. The number of aryl methyl sites for hydroxylation is 1. The molecule has 1 unspecified atom stereocenters. The lowest BCUT2D eigenvalue weighted by atomic mass is 10.1. The predicted octanol–water partition coefficient (Wildman–Crippen LogP) is 2.80. The minimum atomic E-state index is -0.320. The van der Waals surface area contributed by atoms with Crippen LogP contribution < -0.4 is 16.0 Å². The smallest absolute Gasteiger partial charge is 0.319 e. The SMILES string of the molecule is COCc1nn(C)cc1NC(=O)NC(C)c1ccc(NC(=O)C2CC2)cc1. The van der Waals surface area contributed by atoms with E-state index < -0.39 is 0 Å². The third kappa shape index (κ3) is 5.07. The molecule has 1 aromatic heterocycles. The van der Waals surface area contributed by atoms with Gasteiger partial charge < -0.3 is 20.7 Å². The molecule has 1 saturated carbocycles. The Morgan fingerprint density at radius 3 is 2.59 bits per heavy atom. The fraction of sp³-hybridized carbons (Fsp3) is 0.421. The summed E-state index contributed by atoms with van der Waals surface area (Å²) in [5, 5.41) is 12.9. The van der Waals surface area contributed by atoms with E-state index in [0.29, 0.717) is 18.0 Å². The second-order valence-corrected chi connectivity index (χ2v) is 6.80. The lowest BCUT2D eigenvalue weighted by Crippen LogP contribution is -2.31. The highest BCUT2D eigenvalue weighted by Crippen LogP contribution is 2.30. The van der Waals surface area contributed by atoms with Gasteiger partial charge in [0.1, 0.15) is 5.69 Å². The second-order valence-electron chi connectivity index (χ2n) is 6.80. The van der Waals surface area contributed by atoms with Gasteiger partial charge in [0.05, 0.1) is 18.3 Å². The molecule has 1 aliphatic carbocycles. The van der Waals surface area contributed by atoms with Crippen molar-refractivity contribution in [3.63, 3.8) is 0 Å². The molecule has 0 bridgehead atoms. The number of amides is 3. The van der Waals surface area contributed by atoms with E-state index in [1.807, 2.05) is 31.2 Å². The average molecular weight is 371 g/mol. The molecule has 144 valence electrons. The van der Waals surface area contributed by atoms with Crippen molar-refractivity contribution in [3.8, 4) is 0 Å². The zero-order chi connectivity index (χ0) is 19.4. The normalized spacial score (nSPS) is 14.5. The number of anilines is 2. The van der Waals surface area contributed by atoms with Gasteiger partial charge in [-0.05, 0) is 37.5 Å². The van der Waals surface area contributed by atoms with Crippen LogP contribution in [0.1, 0.15) is 37.1 Å². The van der Waals surface area contributed by atoms with E-state index in [1.165, 1.54) is 0 Å². The van der Waals surface area contributed by atoms with Crippen molar-refractivity contribution < 1.29 is 14.3 Å². The highest BCUT2D eigenvalue weighted by Gasteiger charge is 2.29. The fourth-order valence-corrected chi connectivity index (χ4v) is 2.77. The average Bonchev–Trinajstić information content (AvgIpc) is 3.41. The van der Waals surface area contributed by atoms with Gasteiger partial charge in [-0.1, -0.05) is 12.1 Å². The van der Waals surface area contributed by atoms with Crippen molar-refractivity contribution in [2.24, 2.45) is 13.0 Å². The largest absolute Gasteiger partial charge is 0.378 e. The number of nitrogens with zero attached hydrogens (tertiary/aromatic N) is 2. The van der Waals surface area contributed by atoms with E-state index in [2.05, 4.69) is 21.0 Å². The highest BCUT2D eigenvalue weighted by atomic mass is 16.5. The second kappa shape index (κ2) is 8.22. The number of benzene rings is 1. The molecule has 1 atom stereocenters. The van der Waals surface area contributed by atoms with Crippen LogP contribution in [0.25, 0.3) is 0 Å². The molecule has 3 rings (SSSR count). The van der Waals surface area contributed by atoms with Gasteiger partial charge in [0.15, 0.2) is 0 Å². The predicted molar refractivity (Wildman–Crippen MR) is 102 cm³/mol. The van der Waals surface area contributed by atoms with Gasteiger partial charge in [-0.25, -0.2) is 4.79 Å². The first-order chi connectivity index (χ1) is 13.0. The van der Waals surface area contributed by atoms with Crippen LogP contribution in [-0.2, 0) is 23.2 Å². The lowest BCUT2D eigenvalue weighted by molar-refractivity contribution is -0.117. The molecule has 27 heavy (non-hydrogen) atoms. The molecule has 8 nitrogen and oxygen atoms in total. The first kappa shape index (κ1) is 18.9. The van der Waals surface area contributed by atoms with Gasteiger partial charge in [0.25, 0.3) is 0 Å². The Balaban J connectivity index is 1.55. The zero-order valence-electron chi connectivity index (χ0n) is 15.8. The number of nitrogens with one attached hydrogen (secondary N) is 3. The van der Waals surface area contributed by atoms with E-state index in [9.17, 15) is 9.59 Å². The Hall–Kier alpha value is -2.87. The van der Waals surface area contributed by atoms with Crippen LogP contribution in [0.3, 0.4) is 0 Å². The van der Waals surface area contributed by atoms with E-state index in [-0.39, 0.29) is 23.9 Å². The number of hydrogen-bond donors (Lipinski definition) is 3. The number of urea groups is 1. The van der Waals surface area contributed by atoms with E-state index in [0.717, 1.165) is 24.1 Å². The van der Waals surface area contributed by atoms with Crippen LogP contribution in [0, 0.1) is 5.92 Å². The molecule has 0 saturated heterocycles. The van der Waals surface area contributed by atoms with Crippen molar-refractivity contribution in [2.45, 2.75) is 32.4 Å². The van der Waals surface area contributed by atoms with Crippen LogP contribution in [0.2, 0.25) is 0 Å². The summed E-state index contributed by atoms with van der Waals surface area (Å²) in [7, 11) is 3.37. The summed E-state index contributed by atoms with van der Waals surface area (Å²) in [6.45, 7) is 2.22.